The largest absolute Gasteiger partial charge is 0.338 e. The van der Waals surface area contributed by atoms with Crippen molar-refractivity contribution in [3.05, 3.63) is 39.4 Å². The van der Waals surface area contributed by atoms with Gasteiger partial charge in [0.2, 0.25) is 0 Å². The SMILES string of the molecule is CC1CC2(CCCC2)[NH2+]Cc2cc([N+](=O)[O-])ccc21. The van der Waals surface area contributed by atoms with Gasteiger partial charge in [-0.1, -0.05) is 13.0 Å². The molecule has 3 rings (SSSR count). The maximum atomic E-state index is 10.9. The van der Waals surface area contributed by atoms with Crippen molar-refractivity contribution in [1.29, 1.82) is 0 Å². The molecule has 1 aromatic rings. The van der Waals surface area contributed by atoms with Crippen LogP contribution in [0.15, 0.2) is 18.2 Å². The molecule has 1 fully saturated rings. The molecule has 1 saturated carbocycles. The van der Waals surface area contributed by atoms with E-state index in [-0.39, 0.29) is 10.6 Å². The Morgan fingerprint density at radius 3 is 2.79 bits per heavy atom. The Morgan fingerprint density at radius 1 is 1.37 bits per heavy atom. The molecule has 1 unspecified atom stereocenters. The molecule has 19 heavy (non-hydrogen) atoms. The van der Waals surface area contributed by atoms with Gasteiger partial charge in [-0.25, -0.2) is 0 Å². The fourth-order valence-electron chi connectivity index (χ4n) is 3.98. The third-order valence-electron chi connectivity index (χ3n) is 4.94. The summed E-state index contributed by atoms with van der Waals surface area (Å²) in [5.41, 5.74) is 3.09. The van der Waals surface area contributed by atoms with Crippen molar-refractivity contribution < 1.29 is 10.2 Å². The van der Waals surface area contributed by atoms with Crippen molar-refractivity contribution in [1.82, 2.24) is 0 Å². The van der Waals surface area contributed by atoms with Crippen molar-refractivity contribution >= 4 is 5.69 Å². The summed E-state index contributed by atoms with van der Waals surface area (Å²) in [6, 6.07) is 5.40. The van der Waals surface area contributed by atoms with Crippen molar-refractivity contribution in [2.75, 3.05) is 0 Å². The van der Waals surface area contributed by atoms with Crippen LogP contribution >= 0.6 is 0 Å². The molecule has 0 saturated heterocycles. The lowest BCUT2D eigenvalue weighted by Gasteiger charge is -2.26. The monoisotopic (exact) mass is 261 g/mol. The Balaban J connectivity index is 1.94. The Bertz CT molecular complexity index is 507. The van der Waals surface area contributed by atoms with Crippen LogP contribution in [0.25, 0.3) is 0 Å². The van der Waals surface area contributed by atoms with Crippen LogP contribution in [-0.4, -0.2) is 10.5 Å². The smallest absolute Gasteiger partial charge is 0.269 e. The van der Waals surface area contributed by atoms with Gasteiger partial charge in [-0.3, -0.25) is 10.1 Å². The van der Waals surface area contributed by atoms with Crippen LogP contribution in [0.3, 0.4) is 0 Å². The molecule has 0 aromatic heterocycles. The first kappa shape index (κ1) is 12.6. The van der Waals surface area contributed by atoms with E-state index < -0.39 is 0 Å². The molecule has 0 radical (unpaired) electrons. The number of benzene rings is 1. The van der Waals surface area contributed by atoms with Gasteiger partial charge in [0.25, 0.3) is 5.69 Å². The quantitative estimate of drug-likeness (QED) is 0.623. The lowest BCUT2D eigenvalue weighted by molar-refractivity contribution is -0.740. The van der Waals surface area contributed by atoms with Gasteiger partial charge in [0, 0.05) is 37.0 Å². The normalized spacial score (nSPS) is 25.0. The van der Waals surface area contributed by atoms with Gasteiger partial charge in [-0.05, 0) is 24.3 Å². The zero-order chi connectivity index (χ0) is 13.5. The minimum Gasteiger partial charge on any atom is -0.338 e. The van der Waals surface area contributed by atoms with Crippen LogP contribution in [0.5, 0.6) is 0 Å². The van der Waals surface area contributed by atoms with Gasteiger partial charge in [-0.2, -0.15) is 0 Å². The zero-order valence-electron chi connectivity index (χ0n) is 11.4. The average molecular weight is 261 g/mol. The van der Waals surface area contributed by atoms with E-state index in [9.17, 15) is 10.1 Å². The Morgan fingerprint density at radius 2 is 2.11 bits per heavy atom. The van der Waals surface area contributed by atoms with Crippen LogP contribution in [0.2, 0.25) is 0 Å². The van der Waals surface area contributed by atoms with E-state index >= 15 is 0 Å². The summed E-state index contributed by atoms with van der Waals surface area (Å²) in [4.78, 5) is 10.6. The molecule has 1 aromatic carbocycles. The third kappa shape index (κ3) is 2.25. The van der Waals surface area contributed by atoms with Crippen LogP contribution < -0.4 is 5.32 Å². The lowest BCUT2D eigenvalue weighted by atomic mass is 9.84. The number of non-ortho nitro benzene ring substituents is 1. The van der Waals surface area contributed by atoms with E-state index in [0.29, 0.717) is 11.5 Å². The number of hydrogen-bond donors (Lipinski definition) is 1. The van der Waals surface area contributed by atoms with Crippen LogP contribution in [0.1, 0.15) is 56.1 Å². The standard InChI is InChI=1S/C15H20N2O2/c1-11-9-15(6-2-3-7-15)16-10-12-8-13(17(18)19)4-5-14(11)12/h4-5,8,11,16H,2-3,6-7,9-10H2,1H3/p+1. The van der Waals surface area contributed by atoms with Gasteiger partial charge in [0.1, 0.15) is 6.54 Å². The summed E-state index contributed by atoms with van der Waals surface area (Å²) in [5, 5.41) is 13.3. The van der Waals surface area contributed by atoms with E-state index in [2.05, 4.69) is 12.2 Å². The highest BCUT2D eigenvalue weighted by Crippen LogP contribution is 2.38. The fourth-order valence-corrected chi connectivity index (χ4v) is 3.98. The predicted octanol–water partition coefficient (Wildman–Crippen LogP) is 2.48. The van der Waals surface area contributed by atoms with Gasteiger partial charge >= 0.3 is 0 Å². The first-order valence-electron chi connectivity index (χ1n) is 7.21. The zero-order valence-corrected chi connectivity index (χ0v) is 11.4. The maximum absolute atomic E-state index is 10.9. The number of hydrogen-bond acceptors (Lipinski definition) is 2. The van der Waals surface area contributed by atoms with E-state index in [1.807, 2.05) is 6.07 Å². The Kier molecular flexibility index (Phi) is 3.05. The number of quaternary nitrogens is 1. The first-order chi connectivity index (χ1) is 9.10. The second kappa shape index (κ2) is 4.60. The molecule has 1 spiro atoms. The number of nitro groups is 1. The molecule has 102 valence electrons. The molecule has 0 amide bonds. The summed E-state index contributed by atoms with van der Waals surface area (Å²) in [6.07, 6.45) is 6.47. The highest BCUT2D eigenvalue weighted by atomic mass is 16.6. The second-order valence-electron chi connectivity index (χ2n) is 6.22. The predicted molar refractivity (Wildman–Crippen MR) is 73.0 cm³/mol. The second-order valence-corrected chi connectivity index (χ2v) is 6.22. The van der Waals surface area contributed by atoms with Crippen molar-refractivity contribution in [3.8, 4) is 0 Å². The summed E-state index contributed by atoms with van der Waals surface area (Å²) in [6.45, 7) is 3.16. The lowest BCUT2D eigenvalue weighted by Crippen LogP contribution is -2.94. The Labute approximate surface area is 113 Å². The highest BCUT2D eigenvalue weighted by molar-refractivity contribution is 5.41. The minimum atomic E-state index is -0.291. The Hall–Kier alpha value is -1.42. The summed E-state index contributed by atoms with van der Waals surface area (Å²) in [5.74, 6) is 0.507. The molecule has 2 aliphatic rings. The van der Waals surface area contributed by atoms with Crippen molar-refractivity contribution in [2.24, 2.45) is 0 Å². The fraction of sp³-hybridized carbons (Fsp3) is 0.600. The topological polar surface area (TPSA) is 59.8 Å². The minimum absolute atomic E-state index is 0.224. The molecule has 4 nitrogen and oxygen atoms in total. The molecule has 1 atom stereocenters. The molecule has 1 aliphatic carbocycles. The van der Waals surface area contributed by atoms with E-state index in [4.69, 9.17) is 0 Å². The maximum Gasteiger partial charge on any atom is 0.269 e. The van der Waals surface area contributed by atoms with Crippen LogP contribution in [0, 0.1) is 10.1 Å². The van der Waals surface area contributed by atoms with E-state index in [1.54, 1.807) is 12.1 Å². The van der Waals surface area contributed by atoms with Gasteiger partial charge < -0.3 is 5.32 Å². The molecular weight excluding hydrogens is 240 g/mol. The molecule has 1 heterocycles. The summed E-state index contributed by atoms with van der Waals surface area (Å²) in [7, 11) is 0. The van der Waals surface area contributed by atoms with E-state index in [0.717, 1.165) is 12.1 Å². The number of fused-ring (bicyclic) bond motifs is 1. The number of nitrogens with zero attached hydrogens (tertiary/aromatic N) is 1. The molecule has 0 bridgehead atoms. The highest BCUT2D eigenvalue weighted by Gasteiger charge is 2.41. The van der Waals surface area contributed by atoms with Gasteiger partial charge in [-0.15, -0.1) is 0 Å². The molecular formula is C15H21N2O2+. The molecule has 2 N–H and O–H groups in total. The number of nitrogens with two attached hydrogens (primary N) is 1. The van der Waals surface area contributed by atoms with E-state index in [1.165, 1.54) is 37.7 Å². The van der Waals surface area contributed by atoms with Gasteiger partial charge in [0.15, 0.2) is 0 Å². The number of nitro benzene ring substituents is 1. The molecule has 1 aliphatic heterocycles. The van der Waals surface area contributed by atoms with Crippen LogP contribution in [0.4, 0.5) is 5.69 Å². The summed E-state index contributed by atoms with van der Waals surface area (Å²) >= 11 is 0. The average Bonchev–Trinajstić information content (AvgIpc) is 2.79. The first-order valence-corrected chi connectivity index (χ1v) is 7.21. The van der Waals surface area contributed by atoms with Crippen molar-refractivity contribution in [2.45, 2.75) is 57.0 Å². The van der Waals surface area contributed by atoms with Crippen LogP contribution in [-0.2, 0) is 6.54 Å². The summed E-state index contributed by atoms with van der Waals surface area (Å²) < 4.78 is 0. The van der Waals surface area contributed by atoms with Crippen molar-refractivity contribution in [3.63, 3.8) is 0 Å². The molecule has 4 heteroatoms. The third-order valence-corrected chi connectivity index (χ3v) is 4.94. The van der Waals surface area contributed by atoms with Gasteiger partial charge in [0.05, 0.1) is 10.5 Å². The number of rotatable bonds is 1.